The van der Waals surface area contributed by atoms with Crippen LogP contribution in [-0.2, 0) is 11.2 Å². The molecule has 0 radical (unpaired) electrons. The summed E-state index contributed by atoms with van der Waals surface area (Å²) in [7, 11) is 1.72. The molecule has 2 aromatic rings. The molecule has 4 heteroatoms. The van der Waals surface area contributed by atoms with Gasteiger partial charge in [-0.05, 0) is 29.7 Å². The van der Waals surface area contributed by atoms with Crippen LogP contribution in [0.4, 0.5) is 5.69 Å². The summed E-state index contributed by atoms with van der Waals surface area (Å²) in [5, 5.41) is 3.72. The zero-order valence-corrected chi connectivity index (χ0v) is 15.7. The average molecular weight is 352 g/mol. The first-order valence-corrected chi connectivity index (χ1v) is 9.58. The molecule has 0 amide bonds. The molecule has 0 spiro atoms. The Morgan fingerprint density at radius 1 is 1.19 bits per heavy atom. The van der Waals surface area contributed by atoms with Gasteiger partial charge in [-0.3, -0.25) is 0 Å². The van der Waals surface area contributed by atoms with Crippen LogP contribution in [0.5, 0.6) is 5.75 Å². The Bertz CT molecular complexity index is 748. The summed E-state index contributed by atoms with van der Waals surface area (Å²) in [6.45, 7) is 6.12. The lowest BCUT2D eigenvalue weighted by Crippen LogP contribution is -2.54. The van der Waals surface area contributed by atoms with Crippen LogP contribution in [-0.4, -0.2) is 39.4 Å². The Labute approximate surface area is 156 Å². The second kappa shape index (κ2) is 7.68. The van der Waals surface area contributed by atoms with Crippen molar-refractivity contribution in [3.05, 3.63) is 59.7 Å². The van der Waals surface area contributed by atoms with Crippen LogP contribution in [0.25, 0.3) is 0 Å². The first-order valence-electron chi connectivity index (χ1n) is 9.58. The topological polar surface area (TPSA) is 33.7 Å². The lowest BCUT2D eigenvalue weighted by Gasteiger charge is -2.41. The number of fused-ring (bicyclic) bond motifs is 1. The summed E-state index contributed by atoms with van der Waals surface area (Å²) in [6.07, 6.45) is 1.19. The molecule has 138 valence electrons. The highest BCUT2D eigenvalue weighted by atomic mass is 16.5. The van der Waals surface area contributed by atoms with Crippen molar-refractivity contribution in [1.29, 1.82) is 0 Å². The molecule has 1 saturated heterocycles. The Morgan fingerprint density at radius 2 is 2.08 bits per heavy atom. The monoisotopic (exact) mass is 352 g/mol. The third-order valence-corrected chi connectivity index (χ3v) is 5.77. The van der Waals surface area contributed by atoms with Gasteiger partial charge in [0.25, 0.3) is 0 Å². The van der Waals surface area contributed by atoms with E-state index in [0.29, 0.717) is 12.0 Å². The maximum absolute atomic E-state index is 6.22. The molecular formula is C22H28N2O2. The number of ether oxygens (including phenoxy) is 2. The third-order valence-electron chi connectivity index (χ3n) is 5.77. The average Bonchev–Trinajstić information content (AvgIpc) is 2.73. The predicted molar refractivity (Wildman–Crippen MR) is 105 cm³/mol. The van der Waals surface area contributed by atoms with Crippen LogP contribution in [0, 0.1) is 5.92 Å². The third kappa shape index (κ3) is 3.44. The summed E-state index contributed by atoms with van der Waals surface area (Å²) in [4.78, 5) is 2.45. The van der Waals surface area contributed by atoms with Gasteiger partial charge < -0.3 is 19.7 Å². The summed E-state index contributed by atoms with van der Waals surface area (Å²) in [5.74, 6) is 1.32. The molecule has 3 atom stereocenters. The Morgan fingerprint density at radius 3 is 2.96 bits per heavy atom. The van der Waals surface area contributed by atoms with Gasteiger partial charge in [-0.2, -0.15) is 0 Å². The van der Waals surface area contributed by atoms with Crippen molar-refractivity contribution >= 4 is 5.69 Å². The number of benzene rings is 2. The molecule has 2 aliphatic heterocycles. The lowest BCUT2D eigenvalue weighted by molar-refractivity contribution is -0.00539. The second-order valence-electron chi connectivity index (χ2n) is 7.31. The van der Waals surface area contributed by atoms with Crippen molar-refractivity contribution in [3.8, 4) is 5.75 Å². The van der Waals surface area contributed by atoms with E-state index in [0.717, 1.165) is 38.4 Å². The van der Waals surface area contributed by atoms with Gasteiger partial charge in [0.1, 0.15) is 5.75 Å². The number of anilines is 1. The molecule has 2 aromatic carbocycles. The molecule has 2 aliphatic rings. The molecule has 0 aromatic heterocycles. The SMILES string of the molecule is COc1cccc(N2CCNC(C(C)C3OCCc4ccccc43)C2)c1. The fourth-order valence-corrected chi connectivity index (χ4v) is 4.24. The number of hydrogen-bond donors (Lipinski definition) is 1. The zero-order valence-electron chi connectivity index (χ0n) is 15.7. The standard InChI is InChI=1S/C22H28N2O2/c1-16(22-20-9-4-3-6-17(20)10-13-26-22)21-15-24(12-11-23-21)18-7-5-8-19(14-18)25-2/h3-9,14,16,21-23H,10-13,15H2,1-2H3. The number of nitrogens with one attached hydrogen (secondary N) is 1. The molecule has 4 nitrogen and oxygen atoms in total. The van der Waals surface area contributed by atoms with Crippen LogP contribution < -0.4 is 15.0 Å². The fraction of sp³-hybridized carbons (Fsp3) is 0.455. The highest BCUT2D eigenvalue weighted by molar-refractivity contribution is 5.51. The fourth-order valence-electron chi connectivity index (χ4n) is 4.24. The first-order chi connectivity index (χ1) is 12.8. The van der Waals surface area contributed by atoms with Crippen molar-refractivity contribution in [2.45, 2.75) is 25.5 Å². The van der Waals surface area contributed by atoms with Crippen LogP contribution >= 0.6 is 0 Å². The van der Waals surface area contributed by atoms with Gasteiger partial charge in [-0.1, -0.05) is 37.3 Å². The van der Waals surface area contributed by atoms with E-state index in [9.17, 15) is 0 Å². The highest BCUT2D eigenvalue weighted by Crippen LogP contribution is 2.35. The number of piperazine rings is 1. The van der Waals surface area contributed by atoms with E-state index < -0.39 is 0 Å². The highest BCUT2D eigenvalue weighted by Gasteiger charge is 2.33. The molecule has 4 rings (SSSR count). The van der Waals surface area contributed by atoms with Crippen LogP contribution in [0.2, 0.25) is 0 Å². The van der Waals surface area contributed by atoms with E-state index in [-0.39, 0.29) is 6.10 Å². The van der Waals surface area contributed by atoms with E-state index in [4.69, 9.17) is 9.47 Å². The molecule has 26 heavy (non-hydrogen) atoms. The minimum atomic E-state index is 0.169. The van der Waals surface area contributed by atoms with Crippen molar-refractivity contribution in [3.63, 3.8) is 0 Å². The summed E-state index contributed by atoms with van der Waals surface area (Å²) in [5.41, 5.74) is 4.04. The molecule has 1 fully saturated rings. The quantitative estimate of drug-likeness (QED) is 0.914. The predicted octanol–water partition coefficient (Wildman–Crippen LogP) is 3.42. The molecule has 0 bridgehead atoms. The largest absolute Gasteiger partial charge is 0.497 e. The van der Waals surface area contributed by atoms with E-state index in [1.54, 1.807) is 7.11 Å². The van der Waals surface area contributed by atoms with Crippen molar-refractivity contribution in [2.24, 2.45) is 5.92 Å². The van der Waals surface area contributed by atoms with Crippen LogP contribution in [0.1, 0.15) is 24.2 Å². The van der Waals surface area contributed by atoms with E-state index in [2.05, 4.69) is 59.6 Å². The Balaban J connectivity index is 1.51. The smallest absolute Gasteiger partial charge is 0.120 e. The maximum Gasteiger partial charge on any atom is 0.120 e. The van der Waals surface area contributed by atoms with E-state index in [1.807, 2.05) is 6.07 Å². The van der Waals surface area contributed by atoms with Crippen LogP contribution in [0.15, 0.2) is 48.5 Å². The molecule has 1 N–H and O–H groups in total. The van der Waals surface area contributed by atoms with Crippen LogP contribution in [0.3, 0.4) is 0 Å². The molecule has 0 saturated carbocycles. The van der Waals surface area contributed by atoms with E-state index >= 15 is 0 Å². The van der Waals surface area contributed by atoms with Gasteiger partial charge in [0.2, 0.25) is 0 Å². The normalized spacial score (nSPS) is 24.0. The summed E-state index contributed by atoms with van der Waals surface area (Å²) < 4.78 is 11.6. The first kappa shape index (κ1) is 17.4. The van der Waals surface area contributed by atoms with Gasteiger partial charge in [-0.15, -0.1) is 0 Å². The molecular weight excluding hydrogens is 324 g/mol. The van der Waals surface area contributed by atoms with Gasteiger partial charge in [0.15, 0.2) is 0 Å². The summed E-state index contributed by atoms with van der Waals surface area (Å²) in [6, 6.07) is 17.5. The molecule has 2 heterocycles. The lowest BCUT2D eigenvalue weighted by atomic mass is 9.85. The van der Waals surface area contributed by atoms with Crippen molar-refractivity contribution < 1.29 is 9.47 Å². The summed E-state index contributed by atoms with van der Waals surface area (Å²) >= 11 is 0. The Kier molecular flexibility index (Phi) is 5.14. The minimum Gasteiger partial charge on any atom is -0.497 e. The molecule has 0 aliphatic carbocycles. The Hall–Kier alpha value is -2.04. The second-order valence-corrected chi connectivity index (χ2v) is 7.31. The van der Waals surface area contributed by atoms with Gasteiger partial charge in [0, 0.05) is 43.3 Å². The maximum atomic E-state index is 6.22. The van der Waals surface area contributed by atoms with Crippen molar-refractivity contribution in [2.75, 3.05) is 38.3 Å². The van der Waals surface area contributed by atoms with Gasteiger partial charge >= 0.3 is 0 Å². The van der Waals surface area contributed by atoms with Crippen molar-refractivity contribution in [1.82, 2.24) is 5.32 Å². The number of methoxy groups -OCH3 is 1. The number of hydrogen-bond acceptors (Lipinski definition) is 4. The van der Waals surface area contributed by atoms with E-state index in [1.165, 1.54) is 16.8 Å². The van der Waals surface area contributed by atoms with Gasteiger partial charge in [0.05, 0.1) is 19.8 Å². The minimum absolute atomic E-state index is 0.169. The zero-order chi connectivity index (χ0) is 17.9. The van der Waals surface area contributed by atoms with Gasteiger partial charge in [-0.25, -0.2) is 0 Å². The number of nitrogens with zero attached hydrogens (tertiary/aromatic N) is 1. The number of rotatable bonds is 4. The molecule has 3 unspecified atom stereocenters.